The first-order valence-electron chi connectivity index (χ1n) is 6.87. The smallest absolute Gasteiger partial charge is 0.375 e. The summed E-state index contributed by atoms with van der Waals surface area (Å²) in [6.07, 6.45) is 0. The van der Waals surface area contributed by atoms with Crippen molar-refractivity contribution in [1.29, 1.82) is 0 Å². The predicted molar refractivity (Wildman–Crippen MR) is 85.0 cm³/mol. The average Bonchev–Trinajstić information content (AvgIpc) is 2.54. The molecule has 3 nitrogen and oxygen atoms in total. The van der Waals surface area contributed by atoms with Gasteiger partial charge in [0.25, 0.3) is 0 Å². The van der Waals surface area contributed by atoms with Crippen LogP contribution < -0.4 is 4.18 Å². The quantitative estimate of drug-likeness (QED) is 0.505. The zero-order chi connectivity index (χ0) is 17.4. The molecule has 0 aliphatic carbocycles. The maximum atomic E-state index is 12.5. The van der Waals surface area contributed by atoms with Crippen molar-refractivity contribution in [3.05, 3.63) is 66.7 Å². The highest BCUT2D eigenvalue weighted by Crippen LogP contribution is 2.33. The van der Waals surface area contributed by atoms with Gasteiger partial charge in [0.1, 0.15) is 0 Å². The third-order valence-corrected chi connectivity index (χ3v) is 4.40. The Hall–Kier alpha value is -2.54. The Morgan fingerprint density at radius 3 is 2.17 bits per heavy atom. The van der Waals surface area contributed by atoms with Crippen LogP contribution in [0.3, 0.4) is 0 Å². The summed E-state index contributed by atoms with van der Waals surface area (Å²) in [5, 5.41) is 0.858. The summed E-state index contributed by atoms with van der Waals surface area (Å²) in [4.78, 5) is 0. The molecular formula is C17H11F3O3S. The molecule has 7 heteroatoms. The van der Waals surface area contributed by atoms with Gasteiger partial charge in [-0.25, -0.2) is 0 Å². The molecule has 0 fully saturated rings. The van der Waals surface area contributed by atoms with Crippen LogP contribution in [0.1, 0.15) is 0 Å². The van der Waals surface area contributed by atoms with Crippen LogP contribution in [-0.2, 0) is 10.1 Å². The summed E-state index contributed by atoms with van der Waals surface area (Å²) in [5.41, 5.74) is -3.67. The summed E-state index contributed by atoms with van der Waals surface area (Å²) in [6, 6.07) is 18.7. The second-order valence-electron chi connectivity index (χ2n) is 5.04. The van der Waals surface area contributed by atoms with Gasteiger partial charge in [-0.3, -0.25) is 0 Å². The molecule has 124 valence electrons. The highest BCUT2D eigenvalue weighted by molar-refractivity contribution is 7.88. The molecular weight excluding hydrogens is 341 g/mol. The van der Waals surface area contributed by atoms with Crippen LogP contribution in [0.15, 0.2) is 66.7 Å². The van der Waals surface area contributed by atoms with Gasteiger partial charge >= 0.3 is 15.6 Å². The summed E-state index contributed by atoms with van der Waals surface area (Å²) in [5.74, 6) is -0.357. The molecule has 3 aromatic rings. The van der Waals surface area contributed by atoms with Gasteiger partial charge in [0.15, 0.2) is 5.75 Å². The Bertz CT molecular complexity index is 981. The number of halogens is 3. The number of rotatable bonds is 3. The molecule has 0 unspecified atom stereocenters. The molecule has 0 bridgehead atoms. The van der Waals surface area contributed by atoms with Crippen molar-refractivity contribution in [2.24, 2.45) is 0 Å². The lowest BCUT2D eigenvalue weighted by molar-refractivity contribution is -0.0499. The molecule has 0 spiro atoms. The zero-order valence-corrected chi connectivity index (χ0v) is 12.9. The molecule has 0 heterocycles. The topological polar surface area (TPSA) is 43.4 Å². The van der Waals surface area contributed by atoms with Gasteiger partial charge in [0.05, 0.1) is 0 Å². The van der Waals surface area contributed by atoms with Crippen LogP contribution >= 0.6 is 0 Å². The maximum Gasteiger partial charge on any atom is 0.534 e. The molecule has 0 saturated carbocycles. The van der Waals surface area contributed by atoms with Gasteiger partial charge in [0.2, 0.25) is 0 Å². The van der Waals surface area contributed by atoms with Crippen LogP contribution in [0.25, 0.3) is 21.9 Å². The van der Waals surface area contributed by atoms with E-state index in [2.05, 4.69) is 4.18 Å². The van der Waals surface area contributed by atoms with Crippen molar-refractivity contribution in [2.75, 3.05) is 0 Å². The van der Waals surface area contributed by atoms with E-state index >= 15 is 0 Å². The van der Waals surface area contributed by atoms with Crippen molar-refractivity contribution < 1.29 is 25.8 Å². The Balaban J connectivity index is 2.06. The fourth-order valence-electron chi connectivity index (χ4n) is 2.30. The fraction of sp³-hybridized carbons (Fsp3) is 0.0588. The molecule has 24 heavy (non-hydrogen) atoms. The summed E-state index contributed by atoms with van der Waals surface area (Å²) in [6.45, 7) is 0. The summed E-state index contributed by atoms with van der Waals surface area (Å²) >= 11 is 0. The van der Waals surface area contributed by atoms with Crippen molar-refractivity contribution in [3.63, 3.8) is 0 Å². The van der Waals surface area contributed by atoms with E-state index < -0.39 is 15.6 Å². The minimum absolute atomic E-state index is 0.282. The first kappa shape index (κ1) is 16.3. The molecule has 3 rings (SSSR count). The van der Waals surface area contributed by atoms with Gasteiger partial charge in [-0.15, -0.1) is 0 Å². The molecule has 0 amide bonds. The standard InChI is InChI=1S/C17H11F3O3S/c18-17(19,20)24(21,22)23-16-8-4-7-14-11-13(9-10-15(14)16)12-5-2-1-3-6-12/h1-11H. The Labute approximate surface area is 136 Å². The van der Waals surface area contributed by atoms with Gasteiger partial charge in [-0.05, 0) is 34.7 Å². The summed E-state index contributed by atoms with van der Waals surface area (Å²) < 4.78 is 64.2. The third kappa shape index (κ3) is 3.07. The Morgan fingerprint density at radius 2 is 1.50 bits per heavy atom. The van der Waals surface area contributed by atoms with Gasteiger partial charge in [0, 0.05) is 5.39 Å². The van der Waals surface area contributed by atoms with Crippen LogP contribution in [0, 0.1) is 0 Å². The predicted octanol–water partition coefficient (Wildman–Crippen LogP) is 4.74. The summed E-state index contributed by atoms with van der Waals surface area (Å²) in [7, 11) is -5.70. The highest BCUT2D eigenvalue weighted by atomic mass is 32.2. The molecule has 0 atom stereocenters. The minimum atomic E-state index is -5.70. The van der Waals surface area contributed by atoms with E-state index in [4.69, 9.17) is 0 Å². The normalized spacial score (nSPS) is 12.3. The Kier molecular flexibility index (Phi) is 3.96. The van der Waals surface area contributed by atoms with E-state index in [1.54, 1.807) is 24.3 Å². The fourth-order valence-corrected chi connectivity index (χ4v) is 2.78. The monoisotopic (exact) mass is 352 g/mol. The van der Waals surface area contributed by atoms with Crippen LogP contribution in [0.4, 0.5) is 13.2 Å². The molecule has 0 aliphatic heterocycles. The van der Waals surface area contributed by atoms with Crippen LogP contribution in [0.5, 0.6) is 5.75 Å². The number of fused-ring (bicyclic) bond motifs is 1. The van der Waals surface area contributed by atoms with Crippen molar-refractivity contribution >= 4 is 20.9 Å². The molecule has 3 aromatic carbocycles. The minimum Gasteiger partial charge on any atom is -0.375 e. The second kappa shape index (κ2) is 5.83. The molecule has 0 radical (unpaired) electrons. The first-order chi connectivity index (χ1) is 11.3. The number of benzene rings is 3. The van der Waals surface area contributed by atoms with Crippen LogP contribution in [-0.4, -0.2) is 13.9 Å². The third-order valence-electron chi connectivity index (χ3n) is 3.43. The number of hydrogen-bond acceptors (Lipinski definition) is 3. The second-order valence-corrected chi connectivity index (χ2v) is 6.58. The van der Waals surface area contributed by atoms with E-state index in [1.165, 1.54) is 12.1 Å². The highest BCUT2D eigenvalue weighted by Gasteiger charge is 2.48. The van der Waals surface area contributed by atoms with Gasteiger partial charge in [-0.2, -0.15) is 21.6 Å². The van der Waals surface area contributed by atoms with E-state index in [9.17, 15) is 21.6 Å². The van der Waals surface area contributed by atoms with Crippen molar-refractivity contribution in [3.8, 4) is 16.9 Å². The molecule has 0 saturated heterocycles. The largest absolute Gasteiger partial charge is 0.534 e. The Morgan fingerprint density at radius 1 is 0.792 bits per heavy atom. The molecule has 0 aromatic heterocycles. The average molecular weight is 352 g/mol. The number of alkyl halides is 3. The maximum absolute atomic E-state index is 12.5. The van der Waals surface area contributed by atoms with Gasteiger partial charge < -0.3 is 4.18 Å². The zero-order valence-electron chi connectivity index (χ0n) is 12.1. The molecule has 0 N–H and O–H groups in total. The van der Waals surface area contributed by atoms with E-state index in [1.807, 2.05) is 30.3 Å². The first-order valence-corrected chi connectivity index (χ1v) is 8.28. The number of hydrogen-bond donors (Lipinski definition) is 0. The lowest BCUT2D eigenvalue weighted by atomic mass is 10.0. The SMILES string of the molecule is O=S(=O)(Oc1cccc2cc(-c3ccccc3)ccc12)C(F)(F)F. The van der Waals surface area contributed by atoms with Crippen molar-refractivity contribution in [1.82, 2.24) is 0 Å². The lowest BCUT2D eigenvalue weighted by Crippen LogP contribution is -2.28. The van der Waals surface area contributed by atoms with E-state index in [0.29, 0.717) is 5.39 Å². The van der Waals surface area contributed by atoms with Crippen molar-refractivity contribution in [2.45, 2.75) is 5.51 Å². The van der Waals surface area contributed by atoms with E-state index in [-0.39, 0.29) is 11.1 Å². The van der Waals surface area contributed by atoms with Gasteiger partial charge in [-0.1, -0.05) is 48.5 Å². The van der Waals surface area contributed by atoms with Crippen LogP contribution in [0.2, 0.25) is 0 Å². The molecule has 0 aliphatic rings. The van der Waals surface area contributed by atoms with E-state index in [0.717, 1.165) is 11.1 Å². The lowest BCUT2D eigenvalue weighted by Gasteiger charge is -2.12.